The molecule has 0 saturated carbocycles. The van der Waals surface area contributed by atoms with Crippen molar-refractivity contribution in [2.24, 2.45) is 5.84 Å². The maximum absolute atomic E-state index is 6.14. The van der Waals surface area contributed by atoms with Crippen molar-refractivity contribution in [2.75, 3.05) is 0 Å². The number of hydrogen-bond donors (Lipinski definition) is 2. The summed E-state index contributed by atoms with van der Waals surface area (Å²) < 4.78 is 0.894. The molecule has 0 fully saturated rings. The zero-order chi connectivity index (χ0) is 14.5. The summed E-state index contributed by atoms with van der Waals surface area (Å²) in [6, 6.07) is 14.6. The van der Waals surface area contributed by atoms with Crippen LogP contribution in [-0.4, -0.2) is 0 Å². The summed E-state index contributed by atoms with van der Waals surface area (Å²) >= 11 is 9.54. The predicted octanol–water partition coefficient (Wildman–Crippen LogP) is 4.41. The SMILES string of the molecule is CCc1ccc(CC(NN)c2ccc(Br)c(Cl)c2)cc1. The Morgan fingerprint density at radius 3 is 2.35 bits per heavy atom. The molecule has 2 rings (SSSR count). The van der Waals surface area contributed by atoms with E-state index in [1.165, 1.54) is 11.1 Å². The first kappa shape index (κ1) is 15.5. The minimum absolute atomic E-state index is 0.0491. The second-order valence-electron chi connectivity index (χ2n) is 4.77. The van der Waals surface area contributed by atoms with E-state index >= 15 is 0 Å². The standard InChI is InChI=1S/C16H18BrClN2/c1-2-11-3-5-12(6-4-11)9-16(20-19)13-7-8-14(17)15(18)10-13/h3-8,10,16,20H,2,9,19H2,1H3. The molecule has 2 aromatic rings. The second-order valence-corrected chi connectivity index (χ2v) is 6.03. The Labute approximate surface area is 133 Å². The quantitative estimate of drug-likeness (QED) is 0.617. The molecule has 0 aromatic heterocycles. The molecule has 3 N–H and O–H groups in total. The molecule has 2 nitrogen and oxygen atoms in total. The first-order valence-corrected chi connectivity index (χ1v) is 7.80. The van der Waals surface area contributed by atoms with Crippen LogP contribution in [0.3, 0.4) is 0 Å². The lowest BCUT2D eigenvalue weighted by Crippen LogP contribution is -2.29. The van der Waals surface area contributed by atoms with Crippen molar-refractivity contribution in [3.8, 4) is 0 Å². The van der Waals surface area contributed by atoms with Crippen LogP contribution < -0.4 is 11.3 Å². The van der Waals surface area contributed by atoms with E-state index in [0.717, 1.165) is 22.9 Å². The zero-order valence-corrected chi connectivity index (χ0v) is 13.7. The van der Waals surface area contributed by atoms with Crippen LogP contribution in [0.15, 0.2) is 46.9 Å². The minimum atomic E-state index is 0.0491. The van der Waals surface area contributed by atoms with E-state index in [4.69, 9.17) is 17.4 Å². The maximum atomic E-state index is 6.14. The van der Waals surface area contributed by atoms with Crippen molar-refractivity contribution < 1.29 is 0 Å². The molecule has 0 heterocycles. The second kappa shape index (κ2) is 7.23. The molecule has 0 aliphatic heterocycles. The molecule has 1 atom stereocenters. The molecule has 0 radical (unpaired) electrons. The Morgan fingerprint density at radius 1 is 1.15 bits per heavy atom. The molecule has 2 aromatic carbocycles. The average Bonchev–Trinajstić information content (AvgIpc) is 2.48. The molecule has 106 valence electrons. The lowest BCUT2D eigenvalue weighted by molar-refractivity contribution is 0.552. The largest absolute Gasteiger partial charge is 0.271 e. The number of rotatable bonds is 5. The van der Waals surface area contributed by atoms with E-state index in [9.17, 15) is 0 Å². The van der Waals surface area contributed by atoms with Crippen LogP contribution in [0.1, 0.15) is 29.7 Å². The molecule has 0 aliphatic rings. The third-order valence-corrected chi connectivity index (χ3v) is 4.65. The van der Waals surface area contributed by atoms with Crippen LogP contribution in [-0.2, 0) is 12.8 Å². The third kappa shape index (κ3) is 3.83. The lowest BCUT2D eigenvalue weighted by Gasteiger charge is -2.17. The Morgan fingerprint density at radius 2 is 1.80 bits per heavy atom. The molecule has 0 amide bonds. The van der Waals surface area contributed by atoms with Crippen molar-refractivity contribution >= 4 is 27.5 Å². The van der Waals surface area contributed by atoms with Crippen molar-refractivity contribution in [2.45, 2.75) is 25.8 Å². The van der Waals surface area contributed by atoms with Crippen LogP contribution >= 0.6 is 27.5 Å². The maximum Gasteiger partial charge on any atom is 0.0551 e. The van der Waals surface area contributed by atoms with Crippen molar-refractivity contribution in [3.63, 3.8) is 0 Å². The summed E-state index contributed by atoms with van der Waals surface area (Å²) in [7, 11) is 0. The highest BCUT2D eigenvalue weighted by Crippen LogP contribution is 2.27. The number of benzene rings is 2. The number of nitrogens with one attached hydrogen (secondary N) is 1. The van der Waals surface area contributed by atoms with Gasteiger partial charge in [-0.15, -0.1) is 0 Å². The van der Waals surface area contributed by atoms with Gasteiger partial charge in [-0.2, -0.15) is 0 Å². The number of halogens is 2. The lowest BCUT2D eigenvalue weighted by atomic mass is 9.98. The van der Waals surface area contributed by atoms with Gasteiger partial charge in [-0.1, -0.05) is 48.9 Å². The zero-order valence-electron chi connectivity index (χ0n) is 11.4. The third-order valence-electron chi connectivity index (χ3n) is 3.42. The molecule has 4 heteroatoms. The summed E-state index contributed by atoms with van der Waals surface area (Å²) in [5.74, 6) is 5.69. The Bertz CT molecular complexity index is 569. The van der Waals surface area contributed by atoms with Crippen molar-refractivity contribution in [1.29, 1.82) is 0 Å². The van der Waals surface area contributed by atoms with E-state index in [0.29, 0.717) is 5.02 Å². The average molecular weight is 354 g/mol. The van der Waals surface area contributed by atoms with Gasteiger partial charge in [-0.3, -0.25) is 11.3 Å². The van der Waals surface area contributed by atoms with Crippen molar-refractivity contribution in [3.05, 3.63) is 68.7 Å². The monoisotopic (exact) mass is 352 g/mol. The number of hydrogen-bond acceptors (Lipinski definition) is 2. The Balaban J connectivity index is 2.16. The van der Waals surface area contributed by atoms with Gasteiger partial charge in [-0.05, 0) is 57.6 Å². The highest BCUT2D eigenvalue weighted by molar-refractivity contribution is 9.10. The Hall–Kier alpha value is -0.870. The van der Waals surface area contributed by atoms with E-state index in [2.05, 4.69) is 52.5 Å². The fourth-order valence-electron chi connectivity index (χ4n) is 2.15. The molecule has 1 unspecified atom stereocenters. The van der Waals surface area contributed by atoms with Gasteiger partial charge < -0.3 is 0 Å². The number of nitrogens with two attached hydrogens (primary N) is 1. The first-order valence-electron chi connectivity index (χ1n) is 6.63. The minimum Gasteiger partial charge on any atom is -0.271 e. The van der Waals surface area contributed by atoms with E-state index in [1.54, 1.807) is 0 Å². The molecule has 20 heavy (non-hydrogen) atoms. The van der Waals surface area contributed by atoms with Crippen LogP contribution in [0.5, 0.6) is 0 Å². The molecule has 0 bridgehead atoms. The van der Waals surface area contributed by atoms with E-state index in [-0.39, 0.29) is 6.04 Å². The van der Waals surface area contributed by atoms with Gasteiger partial charge in [0.2, 0.25) is 0 Å². The number of aryl methyl sites for hydroxylation is 1. The fraction of sp³-hybridized carbons (Fsp3) is 0.250. The van der Waals surface area contributed by atoms with Gasteiger partial charge in [0.15, 0.2) is 0 Å². The number of hydrazine groups is 1. The summed E-state index contributed by atoms with van der Waals surface area (Å²) in [5, 5.41) is 0.698. The summed E-state index contributed by atoms with van der Waals surface area (Å²) in [6.07, 6.45) is 1.89. The molecule has 0 spiro atoms. The summed E-state index contributed by atoms with van der Waals surface area (Å²) in [4.78, 5) is 0. The van der Waals surface area contributed by atoms with E-state index in [1.807, 2.05) is 18.2 Å². The Kier molecular flexibility index (Phi) is 5.61. The van der Waals surface area contributed by atoms with Crippen molar-refractivity contribution in [1.82, 2.24) is 5.43 Å². The fourth-order valence-corrected chi connectivity index (χ4v) is 2.58. The molecular weight excluding hydrogens is 336 g/mol. The predicted molar refractivity (Wildman–Crippen MR) is 88.7 cm³/mol. The van der Waals surface area contributed by atoms with Crippen LogP contribution in [0, 0.1) is 0 Å². The summed E-state index contributed by atoms with van der Waals surface area (Å²) in [5.41, 5.74) is 6.55. The highest BCUT2D eigenvalue weighted by atomic mass is 79.9. The first-order chi connectivity index (χ1) is 9.63. The van der Waals surface area contributed by atoms with Gasteiger partial charge in [0.05, 0.1) is 11.1 Å². The van der Waals surface area contributed by atoms with Crippen LogP contribution in [0.2, 0.25) is 5.02 Å². The molecular formula is C16H18BrClN2. The normalized spacial score (nSPS) is 12.4. The van der Waals surface area contributed by atoms with Crippen LogP contribution in [0.4, 0.5) is 0 Å². The van der Waals surface area contributed by atoms with E-state index < -0.39 is 0 Å². The van der Waals surface area contributed by atoms with Gasteiger partial charge in [0.1, 0.15) is 0 Å². The summed E-state index contributed by atoms with van der Waals surface area (Å²) in [6.45, 7) is 2.16. The topological polar surface area (TPSA) is 38.0 Å². The molecule has 0 saturated heterocycles. The smallest absolute Gasteiger partial charge is 0.0551 e. The van der Waals surface area contributed by atoms with Gasteiger partial charge >= 0.3 is 0 Å². The van der Waals surface area contributed by atoms with Gasteiger partial charge in [-0.25, -0.2) is 0 Å². The van der Waals surface area contributed by atoms with Gasteiger partial charge in [0.25, 0.3) is 0 Å². The van der Waals surface area contributed by atoms with Gasteiger partial charge in [0, 0.05) is 4.47 Å². The van der Waals surface area contributed by atoms with Crippen LogP contribution in [0.25, 0.3) is 0 Å². The highest BCUT2D eigenvalue weighted by Gasteiger charge is 2.12. The molecule has 0 aliphatic carbocycles.